The second kappa shape index (κ2) is 11.9. The second-order valence-corrected chi connectivity index (χ2v) is 14.0. The summed E-state index contributed by atoms with van der Waals surface area (Å²) in [6.07, 6.45) is 9.43. The molecule has 8 rings (SSSR count). The van der Waals surface area contributed by atoms with Crippen molar-refractivity contribution in [1.82, 2.24) is 30.5 Å². The van der Waals surface area contributed by atoms with E-state index in [0.717, 1.165) is 101 Å². The molecule has 1 amide bonds. The third-order valence-electron chi connectivity index (χ3n) is 9.61. The van der Waals surface area contributed by atoms with Crippen LogP contribution in [0.3, 0.4) is 0 Å². The summed E-state index contributed by atoms with van der Waals surface area (Å²) < 4.78 is 12.8. The van der Waals surface area contributed by atoms with E-state index in [1.165, 1.54) is 5.56 Å². The van der Waals surface area contributed by atoms with E-state index in [4.69, 9.17) is 19.1 Å². The molecule has 0 aromatic carbocycles. The Morgan fingerprint density at radius 2 is 1.93 bits per heavy atom. The lowest BCUT2D eigenvalue weighted by atomic mass is 9.89. The molecule has 2 N–H and O–H groups in total. The van der Waals surface area contributed by atoms with Gasteiger partial charge in [0.25, 0.3) is 5.91 Å². The number of hydrogen-bond donors (Lipinski definition) is 2. The molecule has 2 atom stereocenters. The molecular weight excluding hydrogens is 598 g/mol. The highest BCUT2D eigenvalue weighted by Gasteiger charge is 2.39. The number of thiophene rings is 1. The zero-order valence-electron chi connectivity index (χ0n) is 26.3. The topological polar surface area (TPSA) is 128 Å². The predicted octanol–water partition coefficient (Wildman–Crippen LogP) is 7.01. The van der Waals surface area contributed by atoms with Crippen molar-refractivity contribution in [3.05, 3.63) is 70.8 Å². The molecule has 10 nitrogen and oxygen atoms in total. The van der Waals surface area contributed by atoms with E-state index < -0.39 is 0 Å². The molecule has 1 saturated heterocycles. The first-order valence-electron chi connectivity index (χ1n) is 16.3. The minimum Gasteiger partial charge on any atom is -0.421 e. The van der Waals surface area contributed by atoms with Gasteiger partial charge in [-0.1, -0.05) is 19.9 Å². The molecule has 5 aromatic rings. The van der Waals surface area contributed by atoms with Crippen LogP contribution in [0.15, 0.2) is 41.1 Å². The van der Waals surface area contributed by atoms with E-state index in [2.05, 4.69) is 51.8 Å². The van der Waals surface area contributed by atoms with E-state index in [9.17, 15) is 4.79 Å². The Balaban J connectivity index is 1.29. The number of aromatic nitrogens is 5. The Morgan fingerprint density at radius 1 is 1.07 bits per heavy atom. The van der Waals surface area contributed by atoms with E-state index in [1.807, 2.05) is 24.5 Å². The van der Waals surface area contributed by atoms with Gasteiger partial charge in [-0.15, -0.1) is 21.5 Å². The minimum atomic E-state index is -0.175. The van der Waals surface area contributed by atoms with Gasteiger partial charge in [-0.05, 0) is 79.5 Å². The van der Waals surface area contributed by atoms with E-state index >= 15 is 0 Å². The molecule has 0 saturated carbocycles. The van der Waals surface area contributed by atoms with Crippen LogP contribution in [0.1, 0.15) is 90.5 Å². The fourth-order valence-corrected chi connectivity index (χ4v) is 8.39. The number of fused-ring (bicyclic) bond motifs is 3. The number of carbonyl (C=O) groups is 1. The monoisotopic (exact) mass is 635 g/mol. The van der Waals surface area contributed by atoms with Gasteiger partial charge in [0.2, 0.25) is 11.8 Å². The third kappa shape index (κ3) is 5.15. The summed E-state index contributed by atoms with van der Waals surface area (Å²) in [5.74, 6) is 2.32. The van der Waals surface area contributed by atoms with Crippen LogP contribution < -0.4 is 10.6 Å². The average Bonchev–Trinajstić information content (AvgIpc) is 3.86. The van der Waals surface area contributed by atoms with Crippen molar-refractivity contribution in [2.24, 2.45) is 11.8 Å². The van der Waals surface area contributed by atoms with Crippen molar-refractivity contribution in [1.29, 1.82) is 0 Å². The molecule has 7 heterocycles. The molecule has 5 aromatic heterocycles. The highest BCUT2D eigenvalue weighted by Crippen LogP contribution is 2.48. The highest BCUT2D eigenvalue weighted by molar-refractivity contribution is 7.23. The third-order valence-corrected chi connectivity index (χ3v) is 10.8. The van der Waals surface area contributed by atoms with Crippen LogP contribution >= 0.6 is 11.3 Å². The van der Waals surface area contributed by atoms with E-state index in [1.54, 1.807) is 18.3 Å². The van der Waals surface area contributed by atoms with Crippen molar-refractivity contribution in [3.63, 3.8) is 0 Å². The van der Waals surface area contributed by atoms with Gasteiger partial charge in [0.1, 0.15) is 5.82 Å². The van der Waals surface area contributed by atoms with Crippen LogP contribution in [0, 0.1) is 18.8 Å². The Morgan fingerprint density at radius 3 is 2.74 bits per heavy atom. The number of amides is 1. The summed E-state index contributed by atoms with van der Waals surface area (Å²) in [6, 6.07) is 8.31. The molecule has 0 bridgehead atoms. The number of aryl methyl sites for hydroxylation is 3. The second-order valence-electron chi connectivity index (χ2n) is 12.9. The standard InChI is InChI=1S/C35H37N7O3S/c1-18(2)30-31-29(34(43)40-30)28(27(35-42-41-19(3)45-35)25(38-31)7-6-20-11-15-44-16-12-20)26-17-21-10-14-37-33(32(21)46-26)39-24-9-8-23-22(24)5-4-13-36-23/h4-5,10,13-14,17-18,20,24,30H,6-9,11-12,15-16H2,1-3H3,(H,37,39)(H,40,43)/t24-,30+/m0/s1. The quantitative estimate of drug-likeness (QED) is 0.185. The van der Waals surface area contributed by atoms with Crippen LogP contribution in [0.5, 0.6) is 0 Å². The summed E-state index contributed by atoms with van der Waals surface area (Å²) in [7, 11) is 0. The lowest BCUT2D eigenvalue weighted by Gasteiger charge is -2.23. The number of carbonyl (C=O) groups excluding carboxylic acids is 1. The molecular formula is C35H37N7O3S. The van der Waals surface area contributed by atoms with Crippen LogP contribution in [-0.4, -0.2) is 44.3 Å². The summed E-state index contributed by atoms with van der Waals surface area (Å²) in [5.41, 5.74) is 6.25. The van der Waals surface area contributed by atoms with E-state index in [0.29, 0.717) is 23.3 Å². The Bertz CT molecular complexity index is 1940. The molecule has 1 fully saturated rings. The van der Waals surface area contributed by atoms with Crippen molar-refractivity contribution in [2.75, 3.05) is 18.5 Å². The number of ether oxygens (including phenoxy) is 1. The van der Waals surface area contributed by atoms with Crippen LogP contribution in [-0.2, 0) is 17.6 Å². The average molecular weight is 636 g/mol. The van der Waals surface area contributed by atoms with Gasteiger partial charge < -0.3 is 19.8 Å². The number of pyridine rings is 3. The molecule has 236 valence electrons. The summed E-state index contributed by atoms with van der Waals surface area (Å²) in [5, 5.41) is 16.7. The Hall–Kier alpha value is -4.22. The maximum absolute atomic E-state index is 13.9. The zero-order valence-corrected chi connectivity index (χ0v) is 27.1. The number of rotatable bonds is 8. The largest absolute Gasteiger partial charge is 0.421 e. The molecule has 11 heteroatoms. The highest BCUT2D eigenvalue weighted by atomic mass is 32.1. The zero-order chi connectivity index (χ0) is 31.4. The van der Waals surface area contributed by atoms with Crippen LogP contribution in [0.25, 0.3) is 32.0 Å². The van der Waals surface area contributed by atoms with Crippen LogP contribution in [0.2, 0.25) is 0 Å². The first-order valence-corrected chi connectivity index (χ1v) is 17.1. The van der Waals surface area contributed by atoms with Gasteiger partial charge in [0.15, 0.2) is 0 Å². The van der Waals surface area contributed by atoms with Gasteiger partial charge in [-0.2, -0.15) is 0 Å². The summed E-state index contributed by atoms with van der Waals surface area (Å²) in [4.78, 5) is 29.4. The molecule has 1 aliphatic carbocycles. The van der Waals surface area contributed by atoms with Gasteiger partial charge in [-0.25, -0.2) is 4.98 Å². The Kier molecular flexibility index (Phi) is 7.53. The van der Waals surface area contributed by atoms with Crippen molar-refractivity contribution in [2.45, 2.75) is 71.4 Å². The Labute approximate surface area is 271 Å². The molecule has 2 aliphatic heterocycles. The maximum Gasteiger partial charge on any atom is 0.254 e. The molecule has 46 heavy (non-hydrogen) atoms. The van der Waals surface area contributed by atoms with Gasteiger partial charge in [0.05, 0.1) is 39.3 Å². The van der Waals surface area contributed by atoms with Crippen molar-refractivity contribution in [3.8, 4) is 21.9 Å². The minimum absolute atomic E-state index is 0.117. The smallest absolute Gasteiger partial charge is 0.254 e. The first kappa shape index (κ1) is 29.2. The SMILES string of the molecule is Cc1nnc(-c2c(CCC3CCOCC3)nc3c(c2-c2cc4ccnc(N[C@H]5CCc6ncccc65)c4s2)C(=O)N[C@@H]3C(C)C)o1. The number of hydrogen-bond acceptors (Lipinski definition) is 10. The normalized spacial score (nSPS) is 19.5. The summed E-state index contributed by atoms with van der Waals surface area (Å²) >= 11 is 1.64. The molecule has 0 spiro atoms. The van der Waals surface area contributed by atoms with E-state index in [-0.39, 0.29) is 23.9 Å². The number of nitrogens with one attached hydrogen (secondary N) is 2. The number of nitrogens with zero attached hydrogens (tertiary/aromatic N) is 5. The predicted molar refractivity (Wildman–Crippen MR) is 177 cm³/mol. The number of anilines is 1. The fourth-order valence-electron chi connectivity index (χ4n) is 7.22. The molecule has 0 radical (unpaired) electrons. The molecule has 0 unspecified atom stereocenters. The van der Waals surface area contributed by atoms with Crippen LogP contribution in [0.4, 0.5) is 5.82 Å². The van der Waals surface area contributed by atoms with Gasteiger partial charge >= 0.3 is 0 Å². The lowest BCUT2D eigenvalue weighted by molar-refractivity contribution is 0.0639. The maximum atomic E-state index is 13.9. The first-order chi connectivity index (χ1) is 22.4. The summed E-state index contributed by atoms with van der Waals surface area (Å²) in [6.45, 7) is 7.63. The molecule has 3 aliphatic rings. The van der Waals surface area contributed by atoms with Gasteiger partial charge in [0, 0.05) is 48.7 Å². The van der Waals surface area contributed by atoms with Crippen molar-refractivity contribution >= 4 is 33.1 Å². The fraction of sp³-hybridized carbons (Fsp3) is 0.429. The van der Waals surface area contributed by atoms with Gasteiger partial charge in [-0.3, -0.25) is 14.8 Å². The lowest BCUT2D eigenvalue weighted by Crippen LogP contribution is -2.23. The van der Waals surface area contributed by atoms with Crippen molar-refractivity contribution < 1.29 is 13.9 Å².